The summed E-state index contributed by atoms with van der Waals surface area (Å²) in [6.07, 6.45) is 1.49. The molecule has 1 rings (SSSR count). The minimum Gasteiger partial charge on any atom is -0.396 e. The van der Waals surface area contributed by atoms with E-state index in [2.05, 4.69) is 21.2 Å². The van der Waals surface area contributed by atoms with E-state index in [9.17, 15) is 4.79 Å². The Labute approximate surface area is 110 Å². The van der Waals surface area contributed by atoms with E-state index in [0.29, 0.717) is 12.0 Å². The van der Waals surface area contributed by atoms with Crippen LogP contribution in [0.2, 0.25) is 0 Å². The lowest BCUT2D eigenvalue weighted by Gasteiger charge is -2.14. The average Bonchev–Trinajstić information content (AvgIpc) is 2.29. The number of aliphatic hydroxyl groups is 1. The lowest BCUT2D eigenvalue weighted by molar-refractivity contribution is 0.0935. The van der Waals surface area contributed by atoms with Gasteiger partial charge in [0.2, 0.25) is 0 Å². The second-order valence-corrected chi connectivity index (χ2v) is 5.01. The molecule has 17 heavy (non-hydrogen) atoms. The first-order valence-corrected chi connectivity index (χ1v) is 6.52. The van der Waals surface area contributed by atoms with Crippen LogP contribution in [0.3, 0.4) is 0 Å². The Kier molecular flexibility index (Phi) is 5.65. The third-order valence-corrected chi connectivity index (χ3v) is 3.54. The molecule has 4 heteroatoms. The van der Waals surface area contributed by atoms with Crippen LogP contribution in [0.25, 0.3) is 0 Å². The van der Waals surface area contributed by atoms with Crippen molar-refractivity contribution in [2.45, 2.75) is 32.7 Å². The molecule has 2 N–H and O–H groups in total. The fourth-order valence-electron chi connectivity index (χ4n) is 1.62. The van der Waals surface area contributed by atoms with Crippen molar-refractivity contribution in [1.29, 1.82) is 0 Å². The Morgan fingerprint density at radius 1 is 1.53 bits per heavy atom. The van der Waals surface area contributed by atoms with E-state index < -0.39 is 0 Å². The van der Waals surface area contributed by atoms with Crippen molar-refractivity contribution in [3.05, 3.63) is 33.8 Å². The van der Waals surface area contributed by atoms with E-state index >= 15 is 0 Å². The summed E-state index contributed by atoms with van der Waals surface area (Å²) in [5, 5.41) is 11.7. The third kappa shape index (κ3) is 4.13. The van der Waals surface area contributed by atoms with Gasteiger partial charge in [-0.2, -0.15) is 0 Å². The zero-order valence-corrected chi connectivity index (χ0v) is 11.8. The summed E-state index contributed by atoms with van der Waals surface area (Å²) in [6.45, 7) is 4.02. The highest BCUT2D eigenvalue weighted by atomic mass is 79.9. The highest BCUT2D eigenvalue weighted by molar-refractivity contribution is 9.10. The van der Waals surface area contributed by atoms with Crippen molar-refractivity contribution in [3.8, 4) is 0 Å². The number of nitrogens with one attached hydrogen (secondary N) is 1. The number of amides is 1. The molecule has 0 heterocycles. The van der Waals surface area contributed by atoms with Crippen LogP contribution in [-0.2, 0) is 0 Å². The Morgan fingerprint density at radius 2 is 2.24 bits per heavy atom. The Morgan fingerprint density at radius 3 is 2.88 bits per heavy atom. The van der Waals surface area contributed by atoms with Gasteiger partial charge in [0.1, 0.15) is 0 Å². The number of halogens is 1. The topological polar surface area (TPSA) is 49.3 Å². The van der Waals surface area contributed by atoms with Crippen LogP contribution in [0, 0.1) is 6.92 Å². The number of benzene rings is 1. The molecule has 0 aliphatic rings. The Hall–Kier alpha value is -0.870. The minimum atomic E-state index is -0.0609. The molecule has 0 fully saturated rings. The predicted octanol–water partition coefficient (Wildman–Crippen LogP) is 2.65. The standard InChI is InChI=1S/C13H18BrNO2/c1-9(5-4-8-16)15-13(17)11-6-3-7-12(14)10(11)2/h3,6-7,9,16H,4-5,8H2,1-2H3,(H,15,17). The maximum absolute atomic E-state index is 12.0. The van der Waals surface area contributed by atoms with Crippen LogP contribution < -0.4 is 5.32 Å². The zero-order chi connectivity index (χ0) is 12.8. The van der Waals surface area contributed by atoms with Crippen molar-refractivity contribution < 1.29 is 9.90 Å². The van der Waals surface area contributed by atoms with Gasteiger partial charge >= 0.3 is 0 Å². The molecule has 1 unspecified atom stereocenters. The molecule has 0 aliphatic carbocycles. The quantitative estimate of drug-likeness (QED) is 0.878. The molecule has 0 spiro atoms. The molecule has 0 aliphatic heterocycles. The maximum atomic E-state index is 12.0. The third-order valence-electron chi connectivity index (χ3n) is 2.69. The van der Waals surface area contributed by atoms with Crippen molar-refractivity contribution in [2.75, 3.05) is 6.61 Å². The molecule has 0 radical (unpaired) electrons. The smallest absolute Gasteiger partial charge is 0.251 e. The number of carbonyl (C=O) groups is 1. The van der Waals surface area contributed by atoms with Gasteiger partial charge in [0.25, 0.3) is 5.91 Å². The zero-order valence-electron chi connectivity index (χ0n) is 10.2. The van der Waals surface area contributed by atoms with Crippen LogP contribution in [-0.4, -0.2) is 23.7 Å². The van der Waals surface area contributed by atoms with Gasteiger partial charge in [0, 0.05) is 22.7 Å². The van der Waals surface area contributed by atoms with E-state index in [1.807, 2.05) is 32.0 Å². The van der Waals surface area contributed by atoms with Crippen molar-refractivity contribution >= 4 is 21.8 Å². The molecule has 1 aromatic rings. The Bertz CT molecular complexity index is 393. The van der Waals surface area contributed by atoms with E-state index in [1.54, 1.807) is 0 Å². The van der Waals surface area contributed by atoms with E-state index in [4.69, 9.17) is 5.11 Å². The molecule has 1 atom stereocenters. The summed E-state index contributed by atoms with van der Waals surface area (Å²) in [7, 11) is 0. The van der Waals surface area contributed by atoms with Gasteiger partial charge in [-0.05, 0) is 44.4 Å². The molecule has 0 aromatic heterocycles. The summed E-state index contributed by atoms with van der Waals surface area (Å²) < 4.78 is 0.938. The molecule has 0 saturated carbocycles. The van der Waals surface area contributed by atoms with Crippen molar-refractivity contribution in [3.63, 3.8) is 0 Å². The lowest BCUT2D eigenvalue weighted by Crippen LogP contribution is -2.33. The molecular weight excluding hydrogens is 282 g/mol. The van der Waals surface area contributed by atoms with Crippen LogP contribution in [0.4, 0.5) is 0 Å². The molecule has 3 nitrogen and oxygen atoms in total. The van der Waals surface area contributed by atoms with Crippen LogP contribution in [0.5, 0.6) is 0 Å². The van der Waals surface area contributed by atoms with Crippen molar-refractivity contribution in [1.82, 2.24) is 5.32 Å². The average molecular weight is 300 g/mol. The molecule has 0 bridgehead atoms. The largest absolute Gasteiger partial charge is 0.396 e. The lowest BCUT2D eigenvalue weighted by atomic mass is 10.1. The first kappa shape index (κ1) is 14.2. The fraction of sp³-hybridized carbons (Fsp3) is 0.462. The number of carbonyl (C=O) groups excluding carboxylic acids is 1. The first-order valence-electron chi connectivity index (χ1n) is 5.73. The van der Waals surface area contributed by atoms with Gasteiger partial charge in [-0.3, -0.25) is 4.79 Å². The SMILES string of the molecule is Cc1c(Br)cccc1C(=O)NC(C)CCCO. The minimum absolute atomic E-state index is 0.0609. The normalized spacial score (nSPS) is 12.2. The second-order valence-electron chi connectivity index (χ2n) is 4.15. The number of aliphatic hydroxyl groups excluding tert-OH is 1. The number of rotatable bonds is 5. The number of hydrogen-bond donors (Lipinski definition) is 2. The van der Waals surface area contributed by atoms with Crippen molar-refractivity contribution in [2.24, 2.45) is 0 Å². The molecular formula is C13H18BrNO2. The highest BCUT2D eigenvalue weighted by Gasteiger charge is 2.12. The Balaban J connectivity index is 2.67. The highest BCUT2D eigenvalue weighted by Crippen LogP contribution is 2.19. The summed E-state index contributed by atoms with van der Waals surface area (Å²) in [5.41, 5.74) is 1.63. The van der Waals surface area contributed by atoms with Gasteiger partial charge in [-0.15, -0.1) is 0 Å². The number of hydrogen-bond acceptors (Lipinski definition) is 2. The summed E-state index contributed by atoms with van der Waals surface area (Å²) in [4.78, 5) is 12.0. The van der Waals surface area contributed by atoms with Crippen LogP contribution >= 0.6 is 15.9 Å². The molecule has 0 saturated heterocycles. The first-order chi connectivity index (χ1) is 8.06. The predicted molar refractivity (Wildman–Crippen MR) is 72.1 cm³/mol. The molecule has 1 aromatic carbocycles. The maximum Gasteiger partial charge on any atom is 0.251 e. The van der Waals surface area contributed by atoms with Gasteiger partial charge in [0.05, 0.1) is 0 Å². The van der Waals surface area contributed by atoms with Gasteiger partial charge in [0.15, 0.2) is 0 Å². The summed E-state index contributed by atoms with van der Waals surface area (Å²) in [6, 6.07) is 5.66. The van der Waals surface area contributed by atoms with Crippen LogP contribution in [0.15, 0.2) is 22.7 Å². The van der Waals surface area contributed by atoms with E-state index in [1.165, 1.54) is 0 Å². The van der Waals surface area contributed by atoms with Gasteiger partial charge in [-0.25, -0.2) is 0 Å². The van der Waals surface area contributed by atoms with Gasteiger partial charge in [-0.1, -0.05) is 22.0 Å². The monoisotopic (exact) mass is 299 g/mol. The second kappa shape index (κ2) is 6.77. The molecule has 94 valence electrons. The fourth-order valence-corrected chi connectivity index (χ4v) is 1.99. The summed E-state index contributed by atoms with van der Waals surface area (Å²) in [5.74, 6) is -0.0609. The van der Waals surface area contributed by atoms with Gasteiger partial charge < -0.3 is 10.4 Å². The molecule has 1 amide bonds. The summed E-state index contributed by atoms with van der Waals surface area (Å²) >= 11 is 3.41. The van der Waals surface area contributed by atoms with E-state index in [-0.39, 0.29) is 18.6 Å². The van der Waals surface area contributed by atoms with Crippen LogP contribution in [0.1, 0.15) is 35.7 Å². The van der Waals surface area contributed by atoms with E-state index in [0.717, 1.165) is 16.5 Å².